The van der Waals surface area contributed by atoms with Gasteiger partial charge in [0, 0.05) is 23.3 Å². The van der Waals surface area contributed by atoms with Crippen molar-refractivity contribution in [1.82, 2.24) is 4.90 Å². The molecule has 0 bridgehead atoms. The van der Waals surface area contributed by atoms with Gasteiger partial charge < -0.3 is 4.90 Å². The lowest BCUT2D eigenvalue weighted by Gasteiger charge is -2.36. The van der Waals surface area contributed by atoms with Gasteiger partial charge in [-0.1, -0.05) is 35.7 Å². The van der Waals surface area contributed by atoms with Crippen LogP contribution in [0.15, 0.2) is 0 Å². The minimum Gasteiger partial charge on any atom is -0.340 e. The molecule has 0 saturated heterocycles. The van der Waals surface area contributed by atoms with Crippen molar-refractivity contribution >= 4 is 21.8 Å². The molecule has 17 heavy (non-hydrogen) atoms. The Kier molecular flexibility index (Phi) is 5.98. The van der Waals surface area contributed by atoms with E-state index in [1.54, 1.807) is 0 Å². The highest BCUT2D eigenvalue weighted by molar-refractivity contribution is 9.09. The number of hydrogen-bond donors (Lipinski definition) is 0. The fraction of sp³-hybridized carbons (Fsp3) is 0.929. The van der Waals surface area contributed by atoms with E-state index in [4.69, 9.17) is 0 Å². The Labute approximate surface area is 114 Å². The van der Waals surface area contributed by atoms with Crippen molar-refractivity contribution in [2.75, 3.05) is 11.9 Å². The van der Waals surface area contributed by atoms with E-state index in [0.717, 1.165) is 37.6 Å². The summed E-state index contributed by atoms with van der Waals surface area (Å²) in [7, 11) is 0. The van der Waals surface area contributed by atoms with E-state index in [1.807, 2.05) is 0 Å². The lowest BCUT2D eigenvalue weighted by Crippen LogP contribution is -2.46. The summed E-state index contributed by atoms with van der Waals surface area (Å²) in [5, 5.41) is 0.975. The molecule has 0 aromatic heterocycles. The molecule has 1 aliphatic carbocycles. The molecule has 1 aliphatic rings. The van der Waals surface area contributed by atoms with Crippen LogP contribution in [-0.4, -0.2) is 28.7 Å². The van der Waals surface area contributed by atoms with Gasteiger partial charge in [-0.05, 0) is 39.5 Å². The van der Waals surface area contributed by atoms with E-state index >= 15 is 0 Å². The lowest BCUT2D eigenvalue weighted by atomic mass is 9.81. The van der Waals surface area contributed by atoms with E-state index in [0.29, 0.717) is 11.9 Å². The average molecular weight is 304 g/mol. The molecule has 0 heterocycles. The van der Waals surface area contributed by atoms with Crippen LogP contribution in [0.25, 0.3) is 0 Å². The molecule has 1 saturated carbocycles. The Morgan fingerprint density at radius 2 is 1.94 bits per heavy atom. The number of nitrogens with zero attached hydrogens (tertiary/aromatic N) is 1. The molecule has 1 amide bonds. The molecule has 1 rings (SSSR count). The van der Waals surface area contributed by atoms with Crippen molar-refractivity contribution in [2.24, 2.45) is 5.41 Å². The van der Waals surface area contributed by atoms with Gasteiger partial charge in [-0.2, -0.15) is 0 Å². The molecular formula is C14H26BrNO. The third-order valence-corrected chi connectivity index (χ3v) is 4.67. The Morgan fingerprint density at radius 3 is 2.35 bits per heavy atom. The van der Waals surface area contributed by atoms with E-state index in [1.165, 1.54) is 12.8 Å². The van der Waals surface area contributed by atoms with Gasteiger partial charge in [-0.15, -0.1) is 0 Å². The molecule has 0 radical (unpaired) electrons. The Morgan fingerprint density at radius 1 is 1.35 bits per heavy atom. The van der Waals surface area contributed by atoms with Crippen molar-refractivity contribution in [3.8, 4) is 0 Å². The number of carbonyl (C=O) groups is 1. The molecule has 0 aromatic carbocycles. The average Bonchev–Trinajstić information content (AvgIpc) is 2.78. The third kappa shape index (κ3) is 3.46. The normalized spacial score (nSPS) is 18.6. The molecular weight excluding hydrogens is 278 g/mol. The van der Waals surface area contributed by atoms with Crippen molar-refractivity contribution in [3.63, 3.8) is 0 Å². The monoisotopic (exact) mass is 303 g/mol. The Balaban J connectivity index is 2.75. The van der Waals surface area contributed by atoms with Gasteiger partial charge in [-0.25, -0.2) is 0 Å². The maximum Gasteiger partial charge on any atom is 0.229 e. The highest BCUT2D eigenvalue weighted by Crippen LogP contribution is 2.42. The molecule has 1 fully saturated rings. The highest BCUT2D eigenvalue weighted by Gasteiger charge is 2.42. The Bertz CT molecular complexity index is 247. The minimum atomic E-state index is -0.0312. The number of amides is 1. The molecule has 100 valence electrons. The van der Waals surface area contributed by atoms with Crippen molar-refractivity contribution in [1.29, 1.82) is 0 Å². The van der Waals surface area contributed by atoms with Crippen LogP contribution in [0, 0.1) is 5.41 Å². The highest BCUT2D eigenvalue weighted by atomic mass is 79.9. The first-order chi connectivity index (χ1) is 8.07. The first kappa shape index (κ1) is 15.0. The summed E-state index contributed by atoms with van der Waals surface area (Å²) < 4.78 is 0. The predicted molar refractivity (Wildman–Crippen MR) is 76.5 cm³/mol. The SMILES string of the molecule is CCC1(C(=O)N(CCCBr)C(C)C)CCCC1. The number of halogens is 1. The van der Waals surface area contributed by atoms with Crippen molar-refractivity contribution in [3.05, 3.63) is 0 Å². The molecule has 0 aliphatic heterocycles. The van der Waals surface area contributed by atoms with Gasteiger partial charge in [0.05, 0.1) is 0 Å². The fourth-order valence-electron chi connectivity index (χ4n) is 2.90. The first-order valence-corrected chi connectivity index (χ1v) is 8.06. The van der Waals surface area contributed by atoms with Gasteiger partial charge >= 0.3 is 0 Å². The maximum absolute atomic E-state index is 12.8. The molecule has 3 heteroatoms. The predicted octanol–water partition coefficient (Wildman–Crippen LogP) is 3.98. The third-order valence-electron chi connectivity index (χ3n) is 4.11. The lowest BCUT2D eigenvalue weighted by molar-refractivity contribution is -0.144. The molecule has 0 spiro atoms. The Hall–Kier alpha value is -0.0500. The van der Waals surface area contributed by atoms with Crippen LogP contribution in [0.1, 0.15) is 59.3 Å². The van der Waals surface area contributed by atoms with Crippen molar-refractivity contribution < 1.29 is 4.79 Å². The summed E-state index contributed by atoms with van der Waals surface area (Å²) >= 11 is 3.45. The van der Waals surface area contributed by atoms with E-state index in [2.05, 4.69) is 41.6 Å². The smallest absolute Gasteiger partial charge is 0.229 e. The summed E-state index contributed by atoms with van der Waals surface area (Å²) in [4.78, 5) is 14.8. The number of hydrogen-bond acceptors (Lipinski definition) is 1. The minimum absolute atomic E-state index is 0.0312. The molecule has 2 nitrogen and oxygen atoms in total. The molecule has 0 atom stereocenters. The standard InChI is InChI=1S/C14H26BrNO/c1-4-14(8-5-6-9-14)13(17)16(12(2)3)11-7-10-15/h12H,4-11H2,1-3H3. The second kappa shape index (κ2) is 6.77. The zero-order valence-corrected chi connectivity index (χ0v) is 13.1. The summed E-state index contributed by atoms with van der Waals surface area (Å²) in [5.74, 6) is 0.411. The molecule has 0 unspecified atom stereocenters. The van der Waals surface area contributed by atoms with Gasteiger partial charge in [0.25, 0.3) is 0 Å². The largest absolute Gasteiger partial charge is 0.340 e. The molecule has 0 N–H and O–H groups in total. The fourth-order valence-corrected chi connectivity index (χ4v) is 3.15. The van der Waals surface area contributed by atoms with Gasteiger partial charge in [-0.3, -0.25) is 4.79 Å². The van der Waals surface area contributed by atoms with E-state index in [9.17, 15) is 4.79 Å². The second-order valence-corrected chi connectivity index (χ2v) is 6.27. The van der Waals surface area contributed by atoms with Crippen LogP contribution in [0.4, 0.5) is 0 Å². The topological polar surface area (TPSA) is 20.3 Å². The first-order valence-electron chi connectivity index (χ1n) is 6.94. The summed E-state index contributed by atoms with van der Waals surface area (Å²) in [6.45, 7) is 7.32. The van der Waals surface area contributed by atoms with Crippen LogP contribution in [0.3, 0.4) is 0 Å². The van der Waals surface area contributed by atoms with Crippen LogP contribution < -0.4 is 0 Å². The summed E-state index contributed by atoms with van der Waals surface area (Å²) in [5.41, 5.74) is -0.0312. The zero-order chi connectivity index (χ0) is 12.9. The van der Waals surface area contributed by atoms with E-state index < -0.39 is 0 Å². The van der Waals surface area contributed by atoms with Crippen molar-refractivity contribution in [2.45, 2.75) is 65.3 Å². The number of carbonyl (C=O) groups excluding carboxylic acids is 1. The maximum atomic E-state index is 12.8. The van der Waals surface area contributed by atoms with Gasteiger partial charge in [0.15, 0.2) is 0 Å². The van der Waals surface area contributed by atoms with Crippen LogP contribution in [-0.2, 0) is 4.79 Å². The van der Waals surface area contributed by atoms with E-state index in [-0.39, 0.29) is 5.41 Å². The quantitative estimate of drug-likeness (QED) is 0.680. The van der Waals surface area contributed by atoms with Gasteiger partial charge in [0.1, 0.15) is 0 Å². The van der Waals surface area contributed by atoms with Crippen LogP contribution in [0.5, 0.6) is 0 Å². The summed E-state index contributed by atoms with van der Waals surface area (Å²) in [6.07, 6.45) is 6.70. The molecule has 0 aromatic rings. The van der Waals surface area contributed by atoms with Crippen LogP contribution in [0.2, 0.25) is 0 Å². The number of rotatable bonds is 6. The van der Waals surface area contributed by atoms with Gasteiger partial charge in [0.2, 0.25) is 5.91 Å². The summed E-state index contributed by atoms with van der Waals surface area (Å²) in [6, 6.07) is 0.325. The second-order valence-electron chi connectivity index (χ2n) is 5.48. The van der Waals surface area contributed by atoms with Crippen LogP contribution >= 0.6 is 15.9 Å². The number of alkyl halides is 1. The zero-order valence-electron chi connectivity index (χ0n) is 11.5.